The van der Waals surface area contributed by atoms with Crippen molar-refractivity contribution in [1.82, 2.24) is 20.1 Å². The van der Waals surface area contributed by atoms with Crippen molar-refractivity contribution in [3.05, 3.63) is 48.2 Å². The van der Waals surface area contributed by atoms with Gasteiger partial charge in [0.05, 0.1) is 29.4 Å². The molecule has 0 saturated carbocycles. The molecule has 22 heavy (non-hydrogen) atoms. The van der Waals surface area contributed by atoms with Gasteiger partial charge in [-0.05, 0) is 6.07 Å². The molecule has 0 radical (unpaired) electrons. The van der Waals surface area contributed by atoms with Gasteiger partial charge in [-0.1, -0.05) is 36.3 Å². The SMILES string of the molecule is C#CCNC(=O)c1cc(-c2ccccc2)nc2c1cnn2C. The fourth-order valence-electron chi connectivity index (χ4n) is 2.29. The van der Waals surface area contributed by atoms with Crippen LogP contribution in [0.5, 0.6) is 0 Å². The first-order valence-electron chi connectivity index (χ1n) is 6.80. The fraction of sp³-hybridized carbons (Fsp3) is 0.118. The lowest BCUT2D eigenvalue weighted by molar-refractivity contribution is 0.0960. The number of pyridine rings is 1. The molecular weight excluding hydrogens is 276 g/mol. The summed E-state index contributed by atoms with van der Waals surface area (Å²) in [6, 6.07) is 11.5. The average molecular weight is 290 g/mol. The summed E-state index contributed by atoms with van der Waals surface area (Å²) < 4.78 is 1.65. The summed E-state index contributed by atoms with van der Waals surface area (Å²) in [4.78, 5) is 16.9. The number of rotatable bonds is 3. The molecule has 3 aromatic rings. The van der Waals surface area contributed by atoms with Crippen LogP contribution in [0.15, 0.2) is 42.6 Å². The molecule has 0 spiro atoms. The van der Waals surface area contributed by atoms with E-state index in [1.54, 1.807) is 24.0 Å². The molecule has 3 rings (SSSR count). The van der Waals surface area contributed by atoms with Gasteiger partial charge in [-0.15, -0.1) is 6.42 Å². The second-order valence-corrected chi connectivity index (χ2v) is 4.81. The number of terminal acetylenes is 1. The van der Waals surface area contributed by atoms with Gasteiger partial charge in [0.25, 0.3) is 5.91 Å². The van der Waals surface area contributed by atoms with E-state index in [0.29, 0.717) is 16.6 Å². The van der Waals surface area contributed by atoms with Crippen LogP contribution in [0, 0.1) is 12.3 Å². The fourth-order valence-corrected chi connectivity index (χ4v) is 2.29. The number of aromatic nitrogens is 3. The maximum Gasteiger partial charge on any atom is 0.252 e. The van der Waals surface area contributed by atoms with E-state index < -0.39 is 0 Å². The summed E-state index contributed by atoms with van der Waals surface area (Å²) in [7, 11) is 1.80. The van der Waals surface area contributed by atoms with Gasteiger partial charge in [-0.3, -0.25) is 9.48 Å². The van der Waals surface area contributed by atoms with Gasteiger partial charge in [0, 0.05) is 12.6 Å². The molecule has 0 bridgehead atoms. The minimum Gasteiger partial charge on any atom is -0.341 e. The van der Waals surface area contributed by atoms with E-state index in [-0.39, 0.29) is 12.5 Å². The molecule has 0 aliphatic heterocycles. The third-order valence-electron chi connectivity index (χ3n) is 3.37. The molecule has 0 aliphatic rings. The average Bonchev–Trinajstić information content (AvgIpc) is 2.94. The zero-order valence-corrected chi connectivity index (χ0v) is 12.1. The Kier molecular flexibility index (Phi) is 3.58. The number of fused-ring (bicyclic) bond motifs is 1. The third-order valence-corrected chi connectivity index (χ3v) is 3.37. The van der Waals surface area contributed by atoms with E-state index in [1.807, 2.05) is 30.3 Å². The molecule has 5 heteroatoms. The third kappa shape index (κ3) is 2.42. The van der Waals surface area contributed by atoms with E-state index in [0.717, 1.165) is 11.3 Å². The summed E-state index contributed by atoms with van der Waals surface area (Å²) in [6.45, 7) is 0.184. The minimum atomic E-state index is -0.226. The molecule has 0 fully saturated rings. The van der Waals surface area contributed by atoms with Gasteiger partial charge in [0.1, 0.15) is 0 Å². The highest BCUT2D eigenvalue weighted by Crippen LogP contribution is 2.24. The van der Waals surface area contributed by atoms with Crippen LogP contribution in [0.2, 0.25) is 0 Å². The topological polar surface area (TPSA) is 59.8 Å². The van der Waals surface area contributed by atoms with Crippen molar-refractivity contribution in [2.45, 2.75) is 0 Å². The molecule has 1 amide bonds. The standard InChI is InChI=1S/C17H14N4O/c1-3-9-18-17(22)13-10-15(12-7-5-4-6-8-12)20-16-14(13)11-19-21(16)2/h1,4-8,10-11H,9H2,2H3,(H,18,22). The highest BCUT2D eigenvalue weighted by Gasteiger charge is 2.16. The van der Waals surface area contributed by atoms with Crippen LogP contribution in [-0.2, 0) is 7.05 Å². The highest BCUT2D eigenvalue weighted by atomic mass is 16.1. The quantitative estimate of drug-likeness (QED) is 0.751. The number of hydrogen-bond acceptors (Lipinski definition) is 3. The molecule has 108 valence electrons. The Bertz CT molecular complexity index is 875. The molecule has 0 aliphatic carbocycles. The van der Waals surface area contributed by atoms with E-state index in [4.69, 9.17) is 6.42 Å². The number of benzene rings is 1. The van der Waals surface area contributed by atoms with E-state index in [9.17, 15) is 4.79 Å². The van der Waals surface area contributed by atoms with Gasteiger partial charge in [0.2, 0.25) is 0 Å². The zero-order valence-electron chi connectivity index (χ0n) is 12.1. The van der Waals surface area contributed by atoms with Crippen LogP contribution in [0.1, 0.15) is 10.4 Å². The van der Waals surface area contributed by atoms with Crippen molar-refractivity contribution < 1.29 is 4.79 Å². The molecule has 0 atom stereocenters. The second kappa shape index (κ2) is 5.70. The Hall–Kier alpha value is -3.13. The van der Waals surface area contributed by atoms with Crippen LogP contribution in [0.3, 0.4) is 0 Å². The molecule has 0 saturated heterocycles. The maximum atomic E-state index is 12.3. The van der Waals surface area contributed by atoms with E-state index in [1.165, 1.54) is 0 Å². The van der Waals surface area contributed by atoms with Crippen molar-refractivity contribution >= 4 is 16.9 Å². The van der Waals surface area contributed by atoms with Gasteiger partial charge < -0.3 is 5.32 Å². The summed E-state index contributed by atoms with van der Waals surface area (Å²) in [5.41, 5.74) is 2.85. The molecule has 2 aromatic heterocycles. The molecular formula is C17H14N4O. The van der Waals surface area contributed by atoms with Crippen molar-refractivity contribution in [2.75, 3.05) is 6.54 Å². The molecule has 2 heterocycles. The van der Waals surface area contributed by atoms with E-state index in [2.05, 4.69) is 21.3 Å². The summed E-state index contributed by atoms with van der Waals surface area (Å²) in [5.74, 6) is 2.17. The zero-order chi connectivity index (χ0) is 15.5. The summed E-state index contributed by atoms with van der Waals surface area (Å²) >= 11 is 0. The van der Waals surface area contributed by atoms with Gasteiger partial charge in [-0.25, -0.2) is 4.98 Å². The van der Waals surface area contributed by atoms with Crippen LogP contribution < -0.4 is 5.32 Å². The molecule has 1 aromatic carbocycles. The number of nitrogens with zero attached hydrogens (tertiary/aromatic N) is 3. The lowest BCUT2D eigenvalue weighted by Gasteiger charge is -2.07. The number of carbonyl (C=O) groups excluding carboxylic acids is 1. The smallest absolute Gasteiger partial charge is 0.252 e. The van der Waals surface area contributed by atoms with Crippen molar-refractivity contribution in [3.8, 4) is 23.6 Å². The number of nitrogens with one attached hydrogen (secondary N) is 1. The first-order chi connectivity index (χ1) is 10.7. The first-order valence-corrected chi connectivity index (χ1v) is 6.80. The van der Waals surface area contributed by atoms with E-state index >= 15 is 0 Å². The predicted octanol–water partition coefficient (Wildman–Crippen LogP) is 2.00. The summed E-state index contributed by atoms with van der Waals surface area (Å²) in [6.07, 6.45) is 6.84. The van der Waals surface area contributed by atoms with Crippen LogP contribution in [0.25, 0.3) is 22.3 Å². The number of hydrogen-bond donors (Lipinski definition) is 1. The largest absolute Gasteiger partial charge is 0.341 e. The molecule has 5 nitrogen and oxygen atoms in total. The number of carbonyl (C=O) groups is 1. The highest BCUT2D eigenvalue weighted by molar-refractivity contribution is 6.06. The van der Waals surface area contributed by atoms with Crippen molar-refractivity contribution in [3.63, 3.8) is 0 Å². The summed E-state index contributed by atoms with van der Waals surface area (Å²) in [5, 5.41) is 7.58. The number of aryl methyl sites for hydroxylation is 1. The van der Waals surface area contributed by atoms with Gasteiger partial charge >= 0.3 is 0 Å². The Morgan fingerprint density at radius 3 is 2.86 bits per heavy atom. The first kappa shape index (κ1) is 13.8. The second-order valence-electron chi connectivity index (χ2n) is 4.81. The molecule has 1 N–H and O–H groups in total. The van der Waals surface area contributed by atoms with Crippen LogP contribution >= 0.6 is 0 Å². The minimum absolute atomic E-state index is 0.184. The molecule has 0 unspecified atom stereocenters. The van der Waals surface area contributed by atoms with Crippen molar-refractivity contribution in [1.29, 1.82) is 0 Å². The lowest BCUT2D eigenvalue weighted by atomic mass is 10.1. The Balaban J connectivity index is 2.18. The number of amides is 1. The monoisotopic (exact) mass is 290 g/mol. The maximum absolute atomic E-state index is 12.3. The van der Waals surface area contributed by atoms with Crippen molar-refractivity contribution in [2.24, 2.45) is 7.05 Å². The van der Waals surface area contributed by atoms with Gasteiger partial charge in [-0.2, -0.15) is 5.10 Å². The lowest BCUT2D eigenvalue weighted by Crippen LogP contribution is -2.23. The normalized spacial score (nSPS) is 10.4. The Labute approximate surface area is 128 Å². The Morgan fingerprint density at radius 1 is 1.36 bits per heavy atom. The van der Waals surface area contributed by atoms with Gasteiger partial charge in [0.15, 0.2) is 5.65 Å². The van der Waals surface area contributed by atoms with Crippen LogP contribution in [-0.4, -0.2) is 27.2 Å². The van der Waals surface area contributed by atoms with Crippen LogP contribution in [0.4, 0.5) is 0 Å². The Morgan fingerprint density at radius 2 is 2.14 bits per heavy atom. The predicted molar refractivity (Wildman–Crippen MR) is 85.1 cm³/mol.